The van der Waals surface area contributed by atoms with Gasteiger partial charge in [-0.3, -0.25) is 9.59 Å². The van der Waals surface area contributed by atoms with Gasteiger partial charge in [-0.1, -0.05) is 42.5 Å². The third kappa shape index (κ3) is 5.35. The smallest absolute Gasteiger partial charge is 0.303 e. The van der Waals surface area contributed by atoms with Crippen LogP contribution in [0.4, 0.5) is 0 Å². The standard InChI is InChI=1S/C18H23NO3/c20-17(9-5-4-8-15-6-2-1-3-7-15)19-12-10-16(11-13-19)14-18(21)22/h1-4,6-8,16H,5,9-14H2,(H,21,22)/b8-4+. The fraction of sp³-hybridized carbons (Fsp3) is 0.444. The van der Waals surface area contributed by atoms with Gasteiger partial charge in [-0.2, -0.15) is 0 Å². The lowest BCUT2D eigenvalue weighted by Crippen LogP contribution is -2.38. The van der Waals surface area contributed by atoms with Crippen molar-refractivity contribution in [2.45, 2.75) is 32.1 Å². The van der Waals surface area contributed by atoms with Crippen LogP contribution in [-0.2, 0) is 9.59 Å². The highest BCUT2D eigenvalue weighted by Gasteiger charge is 2.23. The molecule has 22 heavy (non-hydrogen) atoms. The number of carbonyl (C=O) groups is 2. The molecular weight excluding hydrogens is 278 g/mol. The van der Waals surface area contributed by atoms with E-state index < -0.39 is 5.97 Å². The number of likely N-dealkylation sites (tertiary alicyclic amines) is 1. The molecule has 1 fully saturated rings. The lowest BCUT2D eigenvalue weighted by molar-refractivity contribution is -0.138. The highest BCUT2D eigenvalue weighted by molar-refractivity contribution is 5.76. The molecule has 1 aliphatic heterocycles. The minimum Gasteiger partial charge on any atom is -0.481 e. The van der Waals surface area contributed by atoms with E-state index in [0.717, 1.165) is 24.8 Å². The zero-order chi connectivity index (χ0) is 15.8. The number of allylic oxidation sites excluding steroid dienone is 1. The molecule has 1 heterocycles. The summed E-state index contributed by atoms with van der Waals surface area (Å²) in [6.45, 7) is 1.39. The average molecular weight is 301 g/mol. The SMILES string of the molecule is O=C(O)CC1CCN(C(=O)CC/C=C/c2ccccc2)CC1. The van der Waals surface area contributed by atoms with Crippen molar-refractivity contribution in [3.05, 3.63) is 42.0 Å². The molecule has 118 valence electrons. The van der Waals surface area contributed by atoms with Gasteiger partial charge in [-0.25, -0.2) is 0 Å². The maximum Gasteiger partial charge on any atom is 0.303 e. The van der Waals surface area contributed by atoms with Gasteiger partial charge in [0.15, 0.2) is 0 Å². The second kappa shape index (κ2) is 8.37. The third-order valence-electron chi connectivity index (χ3n) is 4.07. The minimum absolute atomic E-state index is 0.173. The van der Waals surface area contributed by atoms with Crippen LogP contribution < -0.4 is 0 Å². The molecule has 0 unspecified atom stereocenters. The Kier molecular flexibility index (Phi) is 6.19. The Morgan fingerprint density at radius 2 is 1.86 bits per heavy atom. The Hall–Kier alpha value is -2.10. The lowest BCUT2D eigenvalue weighted by Gasteiger charge is -2.31. The van der Waals surface area contributed by atoms with Crippen molar-refractivity contribution in [3.8, 4) is 0 Å². The van der Waals surface area contributed by atoms with Gasteiger partial charge < -0.3 is 10.0 Å². The molecule has 1 aromatic rings. The van der Waals surface area contributed by atoms with E-state index in [1.54, 1.807) is 0 Å². The zero-order valence-electron chi connectivity index (χ0n) is 12.8. The molecule has 1 saturated heterocycles. The molecule has 0 spiro atoms. The summed E-state index contributed by atoms with van der Waals surface area (Å²) in [5.41, 5.74) is 1.14. The third-order valence-corrected chi connectivity index (χ3v) is 4.07. The van der Waals surface area contributed by atoms with Gasteiger partial charge >= 0.3 is 5.97 Å². The summed E-state index contributed by atoms with van der Waals surface area (Å²) in [6.07, 6.45) is 7.16. The van der Waals surface area contributed by atoms with Crippen molar-refractivity contribution in [1.29, 1.82) is 0 Å². The van der Waals surface area contributed by atoms with Crippen LogP contribution in [0.3, 0.4) is 0 Å². The fourth-order valence-corrected chi connectivity index (χ4v) is 2.78. The number of amides is 1. The molecule has 4 heteroatoms. The van der Waals surface area contributed by atoms with Gasteiger partial charge in [0.1, 0.15) is 0 Å². The van der Waals surface area contributed by atoms with Crippen molar-refractivity contribution in [1.82, 2.24) is 4.90 Å². The first kappa shape index (κ1) is 16.3. The topological polar surface area (TPSA) is 57.6 Å². The van der Waals surface area contributed by atoms with E-state index in [0.29, 0.717) is 19.5 Å². The van der Waals surface area contributed by atoms with E-state index in [9.17, 15) is 9.59 Å². The van der Waals surface area contributed by atoms with Gasteiger partial charge in [0.25, 0.3) is 0 Å². The average Bonchev–Trinajstić information content (AvgIpc) is 2.52. The van der Waals surface area contributed by atoms with Crippen LogP contribution in [0, 0.1) is 5.92 Å². The summed E-state index contributed by atoms with van der Waals surface area (Å²) >= 11 is 0. The molecule has 0 radical (unpaired) electrons. The first-order chi connectivity index (χ1) is 10.6. The van der Waals surface area contributed by atoms with E-state index in [2.05, 4.69) is 0 Å². The second-order valence-corrected chi connectivity index (χ2v) is 5.77. The number of rotatable bonds is 6. The molecule has 0 aromatic heterocycles. The van der Waals surface area contributed by atoms with Gasteiger partial charge in [0.2, 0.25) is 5.91 Å². The van der Waals surface area contributed by atoms with Gasteiger partial charge in [-0.15, -0.1) is 0 Å². The molecule has 0 saturated carbocycles. The second-order valence-electron chi connectivity index (χ2n) is 5.77. The van der Waals surface area contributed by atoms with Crippen molar-refractivity contribution in [2.75, 3.05) is 13.1 Å². The summed E-state index contributed by atoms with van der Waals surface area (Å²) in [4.78, 5) is 24.7. The molecule has 0 bridgehead atoms. The van der Waals surface area contributed by atoms with Crippen LogP contribution in [-0.4, -0.2) is 35.0 Å². The number of carboxylic acids is 1. The summed E-state index contributed by atoms with van der Waals surface area (Å²) in [6, 6.07) is 10.0. The Balaban J connectivity index is 1.68. The van der Waals surface area contributed by atoms with E-state index in [1.165, 1.54) is 0 Å². The Morgan fingerprint density at radius 3 is 2.50 bits per heavy atom. The monoisotopic (exact) mass is 301 g/mol. The predicted molar refractivity (Wildman–Crippen MR) is 86.3 cm³/mol. The van der Waals surface area contributed by atoms with E-state index in [-0.39, 0.29) is 18.2 Å². The van der Waals surface area contributed by atoms with Gasteiger partial charge in [0.05, 0.1) is 0 Å². The summed E-state index contributed by atoms with van der Waals surface area (Å²) < 4.78 is 0. The van der Waals surface area contributed by atoms with Crippen LogP contribution in [0.5, 0.6) is 0 Å². The van der Waals surface area contributed by atoms with Gasteiger partial charge in [0, 0.05) is 25.9 Å². The number of carbonyl (C=O) groups excluding carboxylic acids is 1. The molecule has 1 aliphatic rings. The van der Waals surface area contributed by atoms with E-state index >= 15 is 0 Å². The molecule has 0 atom stereocenters. The summed E-state index contributed by atoms with van der Waals surface area (Å²) in [5, 5.41) is 8.79. The maximum absolute atomic E-state index is 12.1. The molecule has 1 N–H and O–H groups in total. The number of hydrogen-bond acceptors (Lipinski definition) is 2. The van der Waals surface area contributed by atoms with Crippen molar-refractivity contribution >= 4 is 18.0 Å². The largest absolute Gasteiger partial charge is 0.481 e. The Bertz CT molecular complexity index is 516. The molecular formula is C18H23NO3. The number of benzene rings is 1. The summed E-state index contributed by atoms with van der Waals surface area (Å²) in [7, 11) is 0. The van der Waals surface area contributed by atoms with Crippen LogP contribution in [0.2, 0.25) is 0 Å². The van der Waals surface area contributed by atoms with Crippen LogP contribution in [0.1, 0.15) is 37.7 Å². The number of piperidine rings is 1. The van der Waals surface area contributed by atoms with Crippen molar-refractivity contribution in [2.24, 2.45) is 5.92 Å². The first-order valence-electron chi connectivity index (χ1n) is 7.86. The number of hydrogen-bond donors (Lipinski definition) is 1. The lowest BCUT2D eigenvalue weighted by atomic mass is 9.93. The quantitative estimate of drug-likeness (QED) is 0.878. The Morgan fingerprint density at radius 1 is 1.18 bits per heavy atom. The number of nitrogens with zero attached hydrogens (tertiary/aromatic N) is 1. The molecule has 1 amide bonds. The highest BCUT2D eigenvalue weighted by Crippen LogP contribution is 2.21. The van der Waals surface area contributed by atoms with Gasteiger partial charge in [-0.05, 0) is 30.7 Å². The molecule has 1 aromatic carbocycles. The highest BCUT2D eigenvalue weighted by atomic mass is 16.4. The van der Waals surface area contributed by atoms with Crippen molar-refractivity contribution in [3.63, 3.8) is 0 Å². The fourth-order valence-electron chi connectivity index (χ4n) is 2.78. The number of aliphatic carboxylic acids is 1. The van der Waals surface area contributed by atoms with Crippen LogP contribution in [0.25, 0.3) is 6.08 Å². The van der Waals surface area contributed by atoms with E-state index in [4.69, 9.17) is 5.11 Å². The summed E-state index contributed by atoms with van der Waals surface area (Å²) in [5.74, 6) is -0.346. The normalized spacial score (nSPS) is 16.1. The van der Waals surface area contributed by atoms with E-state index in [1.807, 2.05) is 47.4 Å². The first-order valence-corrected chi connectivity index (χ1v) is 7.86. The predicted octanol–water partition coefficient (Wildman–Crippen LogP) is 3.19. The Labute approximate surface area is 131 Å². The van der Waals surface area contributed by atoms with Crippen LogP contribution >= 0.6 is 0 Å². The minimum atomic E-state index is -0.740. The molecule has 4 nitrogen and oxygen atoms in total. The van der Waals surface area contributed by atoms with Crippen molar-refractivity contribution < 1.29 is 14.7 Å². The zero-order valence-corrected chi connectivity index (χ0v) is 12.8. The molecule has 0 aliphatic carbocycles. The number of carboxylic acid groups (broad SMARTS) is 1. The van der Waals surface area contributed by atoms with Crippen LogP contribution in [0.15, 0.2) is 36.4 Å². The maximum atomic E-state index is 12.1. The molecule has 2 rings (SSSR count).